The predicted octanol–water partition coefficient (Wildman–Crippen LogP) is 6.25. The summed E-state index contributed by atoms with van der Waals surface area (Å²) in [7, 11) is 1.77. The zero-order valence-corrected chi connectivity index (χ0v) is 17.4. The average molecular weight is 412 g/mol. The highest BCUT2D eigenvalue weighted by Gasteiger charge is 2.19. The number of carbonyl (C=O) groups excluding carboxylic acids is 1. The van der Waals surface area contributed by atoms with Crippen molar-refractivity contribution in [2.24, 2.45) is 0 Å². The van der Waals surface area contributed by atoms with E-state index < -0.39 is 0 Å². The first-order valence-corrected chi connectivity index (χ1v) is 10.3. The van der Waals surface area contributed by atoms with Gasteiger partial charge in [0.25, 0.3) is 0 Å². The lowest BCUT2D eigenvalue weighted by Gasteiger charge is -2.26. The first-order valence-electron chi connectivity index (χ1n) is 8.95. The quantitative estimate of drug-likeness (QED) is 0.487. The molecule has 1 unspecified atom stereocenters. The molecule has 0 saturated heterocycles. The van der Waals surface area contributed by atoms with Gasteiger partial charge in [-0.2, -0.15) is 0 Å². The van der Waals surface area contributed by atoms with Crippen LogP contribution in [0.25, 0.3) is 0 Å². The number of rotatable bonds is 6. The molecule has 1 atom stereocenters. The summed E-state index contributed by atoms with van der Waals surface area (Å²) in [5.41, 5.74) is 2.81. The van der Waals surface area contributed by atoms with Gasteiger partial charge in [0.15, 0.2) is 0 Å². The molecule has 6 heteroatoms. The van der Waals surface area contributed by atoms with Crippen molar-refractivity contribution in [2.75, 3.05) is 12.4 Å². The number of benzene rings is 2. The minimum absolute atomic E-state index is 0.142. The number of aromatic nitrogens is 1. The zero-order valence-electron chi connectivity index (χ0n) is 15.8. The summed E-state index contributed by atoms with van der Waals surface area (Å²) in [4.78, 5) is 18.7. The largest absolute Gasteiger partial charge is 0.322 e. The van der Waals surface area contributed by atoms with E-state index in [2.05, 4.69) is 10.3 Å². The van der Waals surface area contributed by atoms with Crippen molar-refractivity contribution < 1.29 is 4.79 Å². The molecule has 28 heavy (non-hydrogen) atoms. The molecule has 0 aliphatic carbocycles. The minimum atomic E-state index is -0.179. The Hall–Kier alpha value is -2.50. The lowest BCUT2D eigenvalue weighted by Crippen LogP contribution is -2.33. The number of hydrogen-bond acceptors (Lipinski definition) is 3. The third-order valence-corrected chi connectivity index (χ3v) is 5.82. The molecule has 0 saturated carbocycles. The normalized spacial score (nSPS) is 11.7. The van der Waals surface area contributed by atoms with Gasteiger partial charge in [-0.25, -0.2) is 9.78 Å². The molecule has 3 aromatic rings. The van der Waals surface area contributed by atoms with Crippen LogP contribution in [0.5, 0.6) is 0 Å². The number of pyridine rings is 1. The molecule has 0 aliphatic rings. The van der Waals surface area contributed by atoms with Gasteiger partial charge in [-0.3, -0.25) is 0 Å². The summed E-state index contributed by atoms with van der Waals surface area (Å²) >= 11 is 7.93. The number of halogens is 1. The summed E-state index contributed by atoms with van der Waals surface area (Å²) < 4.78 is 0. The van der Waals surface area contributed by atoms with E-state index in [0.717, 1.165) is 27.6 Å². The third-order valence-electron chi connectivity index (χ3n) is 4.46. The number of nitrogens with zero attached hydrogens (tertiary/aromatic N) is 2. The van der Waals surface area contributed by atoms with Crippen LogP contribution < -0.4 is 5.32 Å². The van der Waals surface area contributed by atoms with Crippen LogP contribution in [0.15, 0.2) is 78.0 Å². The van der Waals surface area contributed by atoms with E-state index in [9.17, 15) is 4.79 Å². The first-order chi connectivity index (χ1) is 13.5. The Bertz CT molecular complexity index is 936. The number of carbonyl (C=O) groups is 1. The van der Waals surface area contributed by atoms with E-state index in [4.69, 9.17) is 11.6 Å². The second-order valence-electron chi connectivity index (χ2n) is 6.40. The highest BCUT2D eigenvalue weighted by atomic mass is 35.5. The van der Waals surface area contributed by atoms with E-state index in [1.54, 1.807) is 29.9 Å². The van der Waals surface area contributed by atoms with Gasteiger partial charge < -0.3 is 10.2 Å². The van der Waals surface area contributed by atoms with Crippen molar-refractivity contribution in [1.82, 2.24) is 9.88 Å². The van der Waals surface area contributed by atoms with Crippen molar-refractivity contribution in [1.29, 1.82) is 0 Å². The highest BCUT2D eigenvalue weighted by Crippen LogP contribution is 2.27. The molecule has 0 radical (unpaired) electrons. The molecule has 0 bridgehead atoms. The lowest BCUT2D eigenvalue weighted by molar-refractivity contribution is 0.208. The molecule has 2 aromatic carbocycles. The average Bonchev–Trinajstić information content (AvgIpc) is 2.72. The zero-order chi connectivity index (χ0) is 19.9. The lowest BCUT2D eigenvalue weighted by atomic mass is 10.1. The van der Waals surface area contributed by atoms with Crippen LogP contribution >= 0.6 is 23.4 Å². The molecule has 1 heterocycles. The molecule has 3 rings (SSSR count). The summed E-state index contributed by atoms with van der Waals surface area (Å²) in [6.45, 7) is 1.96. The second kappa shape index (κ2) is 9.62. The summed E-state index contributed by atoms with van der Waals surface area (Å²) in [5, 5.41) is 4.60. The van der Waals surface area contributed by atoms with Gasteiger partial charge in [-0.15, -0.1) is 11.8 Å². The topological polar surface area (TPSA) is 45.2 Å². The van der Waals surface area contributed by atoms with Crippen LogP contribution in [0.1, 0.15) is 24.1 Å². The van der Waals surface area contributed by atoms with Crippen LogP contribution in [0.2, 0.25) is 5.02 Å². The summed E-state index contributed by atoms with van der Waals surface area (Å²) in [6, 6.07) is 21.0. The molecular weight excluding hydrogens is 390 g/mol. The third kappa shape index (κ3) is 5.27. The van der Waals surface area contributed by atoms with Crippen molar-refractivity contribution in [3.63, 3.8) is 0 Å². The number of nitrogens with one attached hydrogen (secondary N) is 1. The molecular formula is C22H22ClN3OS. The standard InChI is InChI=1S/C22H22ClN3OS/c1-16(19-10-3-4-11-20(19)23)26(2)22(27)25-18-9-7-8-17(14-18)15-28-21-12-5-6-13-24-21/h3-14,16H,15H2,1-2H3,(H,25,27). The Morgan fingerprint density at radius 1 is 1.14 bits per heavy atom. The van der Waals surface area contributed by atoms with Gasteiger partial charge in [0.1, 0.15) is 0 Å². The van der Waals surface area contributed by atoms with Crippen LogP contribution in [-0.4, -0.2) is 23.0 Å². The maximum Gasteiger partial charge on any atom is 0.322 e. The second-order valence-corrected chi connectivity index (χ2v) is 7.80. The maximum absolute atomic E-state index is 12.7. The van der Waals surface area contributed by atoms with E-state index >= 15 is 0 Å². The number of urea groups is 1. The molecule has 1 aromatic heterocycles. The number of amides is 2. The summed E-state index contributed by atoms with van der Waals surface area (Å²) in [6.07, 6.45) is 1.79. The maximum atomic E-state index is 12.7. The van der Waals surface area contributed by atoms with Crippen LogP contribution in [0.4, 0.5) is 10.5 Å². The molecule has 0 aliphatic heterocycles. The van der Waals surface area contributed by atoms with Gasteiger partial charge in [0.2, 0.25) is 0 Å². The smallest absolute Gasteiger partial charge is 0.321 e. The Kier molecular flexibility index (Phi) is 6.95. The molecule has 1 N–H and O–H groups in total. The Morgan fingerprint density at radius 3 is 2.68 bits per heavy atom. The Morgan fingerprint density at radius 2 is 1.93 bits per heavy atom. The monoisotopic (exact) mass is 411 g/mol. The number of anilines is 1. The van der Waals surface area contributed by atoms with Gasteiger partial charge in [-0.1, -0.05) is 48.0 Å². The Balaban J connectivity index is 1.63. The fourth-order valence-electron chi connectivity index (χ4n) is 2.74. The van der Waals surface area contributed by atoms with Crippen LogP contribution in [-0.2, 0) is 5.75 Å². The van der Waals surface area contributed by atoms with Crippen LogP contribution in [0.3, 0.4) is 0 Å². The predicted molar refractivity (Wildman–Crippen MR) is 117 cm³/mol. The van der Waals surface area contributed by atoms with Crippen LogP contribution in [0, 0.1) is 0 Å². The molecule has 0 spiro atoms. The van der Waals surface area contributed by atoms with Crippen molar-refractivity contribution in [3.8, 4) is 0 Å². The van der Waals surface area contributed by atoms with Gasteiger partial charge in [-0.05, 0) is 48.4 Å². The van der Waals surface area contributed by atoms with Gasteiger partial charge in [0, 0.05) is 29.7 Å². The van der Waals surface area contributed by atoms with Crippen molar-refractivity contribution in [2.45, 2.75) is 23.7 Å². The minimum Gasteiger partial charge on any atom is -0.321 e. The molecule has 144 valence electrons. The van der Waals surface area contributed by atoms with E-state index in [1.165, 1.54) is 0 Å². The number of thioether (sulfide) groups is 1. The fourth-order valence-corrected chi connectivity index (χ4v) is 3.84. The fraction of sp³-hybridized carbons (Fsp3) is 0.182. The molecule has 4 nitrogen and oxygen atoms in total. The first kappa shape index (κ1) is 20.2. The van der Waals surface area contributed by atoms with E-state index in [0.29, 0.717) is 5.02 Å². The van der Waals surface area contributed by atoms with Gasteiger partial charge >= 0.3 is 6.03 Å². The summed E-state index contributed by atoms with van der Waals surface area (Å²) in [5.74, 6) is 0.784. The molecule has 2 amide bonds. The Labute approximate surface area is 174 Å². The van der Waals surface area contributed by atoms with E-state index in [-0.39, 0.29) is 12.1 Å². The van der Waals surface area contributed by atoms with Crippen molar-refractivity contribution in [3.05, 3.63) is 89.1 Å². The highest BCUT2D eigenvalue weighted by molar-refractivity contribution is 7.98. The van der Waals surface area contributed by atoms with Crippen molar-refractivity contribution >= 4 is 35.1 Å². The van der Waals surface area contributed by atoms with Gasteiger partial charge in [0.05, 0.1) is 11.1 Å². The van der Waals surface area contributed by atoms with E-state index in [1.807, 2.05) is 73.7 Å². The molecule has 0 fully saturated rings. The SMILES string of the molecule is CC(c1ccccc1Cl)N(C)C(=O)Nc1cccc(CSc2ccccn2)c1. The number of hydrogen-bond donors (Lipinski definition) is 1.